The van der Waals surface area contributed by atoms with Gasteiger partial charge in [0.1, 0.15) is 28.0 Å². The maximum atomic E-state index is 12.8. The normalized spacial score (nSPS) is 10.8. The molecular weight excluding hydrogens is 412 g/mol. The Balaban J connectivity index is 1.88. The van der Waals surface area contributed by atoms with E-state index in [1.54, 1.807) is 29.6 Å². The first-order valence-electron chi connectivity index (χ1n) is 9.48. The smallest absolute Gasteiger partial charge is 0.341 e. The molecule has 0 fully saturated rings. The number of nitrogens with zero attached hydrogens (tertiary/aromatic N) is 1. The van der Waals surface area contributed by atoms with Crippen LogP contribution < -0.4 is 10.1 Å². The number of rotatable bonds is 7. The average Bonchev–Trinajstić information content (AvgIpc) is 3.22. The number of ether oxygens (including phenoxy) is 2. The Morgan fingerprint density at radius 3 is 2.45 bits per heavy atom. The topological polar surface area (TPSA) is 88.4 Å². The molecule has 31 heavy (non-hydrogen) atoms. The highest BCUT2D eigenvalue weighted by Gasteiger charge is 2.23. The quantitative estimate of drug-likeness (QED) is 0.317. The average molecular weight is 433 g/mol. The molecule has 0 radical (unpaired) electrons. The molecule has 2 aromatic carbocycles. The van der Waals surface area contributed by atoms with Crippen molar-refractivity contribution in [2.75, 3.05) is 19.0 Å². The molecule has 1 amide bonds. The Bertz CT molecular complexity index is 1140. The monoisotopic (exact) mass is 432 g/mol. The molecule has 0 unspecified atom stereocenters. The zero-order valence-electron chi connectivity index (χ0n) is 17.0. The zero-order valence-corrected chi connectivity index (χ0v) is 17.9. The Labute approximate surface area is 184 Å². The lowest BCUT2D eigenvalue weighted by Crippen LogP contribution is -2.15. The fourth-order valence-electron chi connectivity index (χ4n) is 2.90. The molecule has 0 atom stereocenters. The molecule has 3 aromatic rings. The second-order valence-electron chi connectivity index (χ2n) is 6.34. The van der Waals surface area contributed by atoms with Gasteiger partial charge in [-0.2, -0.15) is 5.26 Å². The van der Waals surface area contributed by atoms with Gasteiger partial charge in [-0.05, 0) is 36.3 Å². The van der Waals surface area contributed by atoms with Crippen LogP contribution in [0.3, 0.4) is 0 Å². The van der Waals surface area contributed by atoms with Crippen LogP contribution in [0, 0.1) is 11.3 Å². The number of amides is 1. The van der Waals surface area contributed by atoms with Gasteiger partial charge in [-0.1, -0.05) is 42.5 Å². The first-order valence-corrected chi connectivity index (χ1v) is 10.4. The molecular formula is C24H20N2O4S. The number of hydrogen-bond donors (Lipinski definition) is 1. The molecule has 0 saturated heterocycles. The number of carbonyl (C=O) groups excluding carboxylic acids is 2. The Kier molecular flexibility index (Phi) is 7.20. The summed E-state index contributed by atoms with van der Waals surface area (Å²) < 4.78 is 10.3. The highest BCUT2D eigenvalue weighted by molar-refractivity contribution is 7.15. The van der Waals surface area contributed by atoms with Crippen molar-refractivity contribution >= 4 is 34.3 Å². The van der Waals surface area contributed by atoms with Crippen LogP contribution in [-0.2, 0) is 9.53 Å². The highest BCUT2D eigenvalue weighted by Crippen LogP contribution is 2.36. The van der Waals surface area contributed by atoms with Crippen molar-refractivity contribution in [1.29, 1.82) is 5.26 Å². The SMILES string of the molecule is CCOc1ccc(/C=C(/C#N)C(=O)Nc2scc(-c3ccccc3)c2C(=O)OC)cc1. The number of thiophene rings is 1. The number of hydrogen-bond acceptors (Lipinski definition) is 6. The van der Waals surface area contributed by atoms with Gasteiger partial charge in [0.15, 0.2) is 0 Å². The minimum absolute atomic E-state index is 0.0883. The maximum absolute atomic E-state index is 12.8. The van der Waals surface area contributed by atoms with E-state index >= 15 is 0 Å². The molecule has 0 saturated carbocycles. The number of carbonyl (C=O) groups is 2. The summed E-state index contributed by atoms with van der Waals surface area (Å²) in [6, 6.07) is 18.3. The lowest BCUT2D eigenvalue weighted by Gasteiger charge is -2.08. The minimum Gasteiger partial charge on any atom is -0.494 e. The van der Waals surface area contributed by atoms with Crippen molar-refractivity contribution in [2.24, 2.45) is 0 Å². The third kappa shape index (κ3) is 5.18. The Morgan fingerprint density at radius 1 is 1.13 bits per heavy atom. The number of anilines is 1. The van der Waals surface area contributed by atoms with Crippen LogP contribution in [0.4, 0.5) is 5.00 Å². The van der Waals surface area contributed by atoms with E-state index < -0.39 is 11.9 Å². The highest BCUT2D eigenvalue weighted by atomic mass is 32.1. The molecule has 0 spiro atoms. The van der Waals surface area contributed by atoms with Gasteiger partial charge in [0.05, 0.1) is 13.7 Å². The van der Waals surface area contributed by atoms with Gasteiger partial charge in [-0.3, -0.25) is 4.79 Å². The van der Waals surface area contributed by atoms with Crippen molar-refractivity contribution < 1.29 is 19.1 Å². The molecule has 0 aliphatic heterocycles. The number of methoxy groups -OCH3 is 1. The van der Waals surface area contributed by atoms with Crippen LogP contribution in [0.15, 0.2) is 65.6 Å². The van der Waals surface area contributed by atoms with Gasteiger partial charge in [-0.25, -0.2) is 4.79 Å². The Hall–Kier alpha value is -3.89. The van der Waals surface area contributed by atoms with E-state index in [4.69, 9.17) is 9.47 Å². The third-order valence-corrected chi connectivity index (χ3v) is 5.26. The summed E-state index contributed by atoms with van der Waals surface area (Å²) >= 11 is 1.20. The number of esters is 1. The zero-order chi connectivity index (χ0) is 22.2. The van der Waals surface area contributed by atoms with E-state index in [1.807, 2.05) is 43.3 Å². The van der Waals surface area contributed by atoms with Crippen molar-refractivity contribution in [2.45, 2.75) is 6.92 Å². The van der Waals surface area contributed by atoms with Crippen molar-refractivity contribution in [3.05, 3.63) is 76.7 Å². The van der Waals surface area contributed by atoms with Gasteiger partial charge in [0.25, 0.3) is 5.91 Å². The lowest BCUT2D eigenvalue weighted by atomic mass is 10.0. The molecule has 0 aliphatic carbocycles. The summed E-state index contributed by atoms with van der Waals surface area (Å²) in [7, 11) is 1.28. The molecule has 6 nitrogen and oxygen atoms in total. The predicted octanol–water partition coefficient (Wildman–Crippen LogP) is 5.15. The standard InChI is InChI=1S/C24H20N2O4S/c1-3-30-19-11-9-16(10-12-19)13-18(14-25)22(27)26-23-21(24(28)29-2)20(15-31-23)17-7-5-4-6-8-17/h4-13,15H,3H2,1-2H3,(H,26,27)/b18-13-. The van der Waals surface area contributed by atoms with Crippen molar-refractivity contribution in [3.63, 3.8) is 0 Å². The second kappa shape index (κ2) is 10.2. The largest absolute Gasteiger partial charge is 0.494 e. The van der Waals surface area contributed by atoms with Crippen molar-refractivity contribution in [3.8, 4) is 22.9 Å². The summed E-state index contributed by atoms with van der Waals surface area (Å²) in [4.78, 5) is 25.2. The number of benzene rings is 2. The lowest BCUT2D eigenvalue weighted by molar-refractivity contribution is -0.112. The number of nitriles is 1. The van der Waals surface area contributed by atoms with E-state index in [0.717, 1.165) is 5.56 Å². The van der Waals surface area contributed by atoms with E-state index in [0.29, 0.717) is 28.5 Å². The molecule has 7 heteroatoms. The summed E-state index contributed by atoms with van der Waals surface area (Å²) in [5.41, 5.74) is 2.33. The first kappa shape index (κ1) is 21.8. The van der Waals surface area contributed by atoms with Gasteiger partial charge < -0.3 is 14.8 Å². The van der Waals surface area contributed by atoms with Gasteiger partial charge >= 0.3 is 5.97 Å². The molecule has 3 rings (SSSR count). The third-order valence-electron chi connectivity index (χ3n) is 4.36. The van der Waals surface area contributed by atoms with E-state index in [-0.39, 0.29) is 11.1 Å². The summed E-state index contributed by atoms with van der Waals surface area (Å²) in [5, 5.41) is 14.3. The summed E-state index contributed by atoms with van der Waals surface area (Å²) in [6.45, 7) is 2.44. The summed E-state index contributed by atoms with van der Waals surface area (Å²) in [6.07, 6.45) is 1.48. The van der Waals surface area contributed by atoms with Crippen LogP contribution in [-0.4, -0.2) is 25.6 Å². The second-order valence-corrected chi connectivity index (χ2v) is 7.22. The minimum atomic E-state index is -0.608. The number of nitrogens with one attached hydrogen (secondary N) is 1. The van der Waals surface area contributed by atoms with Crippen LogP contribution in [0.1, 0.15) is 22.8 Å². The first-order chi connectivity index (χ1) is 15.1. The Morgan fingerprint density at radius 2 is 1.84 bits per heavy atom. The van der Waals surface area contributed by atoms with Gasteiger partial charge in [0, 0.05) is 10.9 Å². The molecule has 0 aliphatic rings. The van der Waals surface area contributed by atoms with Crippen molar-refractivity contribution in [1.82, 2.24) is 0 Å². The fourth-order valence-corrected chi connectivity index (χ4v) is 3.85. The molecule has 156 valence electrons. The van der Waals surface area contributed by atoms with Crippen LogP contribution in [0.2, 0.25) is 0 Å². The van der Waals surface area contributed by atoms with Crippen LogP contribution in [0.5, 0.6) is 5.75 Å². The maximum Gasteiger partial charge on any atom is 0.341 e. The fraction of sp³-hybridized carbons (Fsp3) is 0.125. The molecule has 1 aromatic heterocycles. The van der Waals surface area contributed by atoms with Crippen LogP contribution in [0.25, 0.3) is 17.2 Å². The van der Waals surface area contributed by atoms with Gasteiger partial charge in [-0.15, -0.1) is 11.3 Å². The molecule has 1 heterocycles. The van der Waals surface area contributed by atoms with E-state index in [1.165, 1.54) is 24.5 Å². The predicted molar refractivity (Wildman–Crippen MR) is 121 cm³/mol. The van der Waals surface area contributed by atoms with Crippen LogP contribution >= 0.6 is 11.3 Å². The molecule has 1 N–H and O–H groups in total. The van der Waals surface area contributed by atoms with Gasteiger partial charge in [0.2, 0.25) is 0 Å². The summed E-state index contributed by atoms with van der Waals surface area (Å²) in [5.74, 6) is -0.468. The van der Waals surface area contributed by atoms with E-state index in [9.17, 15) is 14.9 Å². The van der Waals surface area contributed by atoms with E-state index in [2.05, 4.69) is 5.32 Å². The molecule has 0 bridgehead atoms.